The summed E-state index contributed by atoms with van der Waals surface area (Å²) in [6.07, 6.45) is 10.7. The van der Waals surface area contributed by atoms with Crippen molar-refractivity contribution in [1.29, 1.82) is 0 Å². The van der Waals surface area contributed by atoms with Crippen molar-refractivity contribution in [3.63, 3.8) is 0 Å². The Hall–Kier alpha value is -1.50. The van der Waals surface area contributed by atoms with Crippen molar-refractivity contribution in [3.8, 4) is 0 Å². The van der Waals surface area contributed by atoms with Crippen LogP contribution in [0.3, 0.4) is 0 Å². The van der Waals surface area contributed by atoms with Crippen LogP contribution in [0.1, 0.15) is 95.4 Å². The van der Waals surface area contributed by atoms with Crippen LogP contribution in [0.4, 0.5) is 0 Å². The van der Waals surface area contributed by atoms with Crippen LogP contribution in [-0.2, 0) is 4.84 Å². The van der Waals surface area contributed by atoms with Crippen LogP contribution in [0, 0.1) is 4.91 Å². The van der Waals surface area contributed by atoms with Crippen molar-refractivity contribution >= 4 is 0 Å². The van der Waals surface area contributed by atoms with Crippen LogP contribution >= 0.6 is 0 Å². The smallest absolute Gasteiger partial charge is 0.233 e. The molecule has 0 bridgehead atoms. The van der Waals surface area contributed by atoms with Gasteiger partial charge in [-0.15, -0.1) is 15.1 Å². The Morgan fingerprint density at radius 3 is 2.42 bits per heavy atom. The molecule has 1 aliphatic carbocycles. The van der Waals surface area contributed by atoms with Crippen LogP contribution in [0.2, 0.25) is 0 Å². The molecule has 1 aliphatic heterocycles. The van der Waals surface area contributed by atoms with Gasteiger partial charge in [0.1, 0.15) is 0 Å². The molecule has 0 amide bonds. The highest BCUT2D eigenvalue weighted by molar-refractivity contribution is 5.00. The van der Waals surface area contributed by atoms with Crippen LogP contribution in [0.25, 0.3) is 0 Å². The van der Waals surface area contributed by atoms with E-state index in [0.29, 0.717) is 11.8 Å². The predicted molar refractivity (Wildman–Crippen MR) is 89.0 cm³/mol. The molecule has 0 N–H and O–H groups in total. The Bertz CT molecular complexity index is 538. The molecule has 1 saturated heterocycles. The zero-order valence-electron chi connectivity index (χ0n) is 14.7. The van der Waals surface area contributed by atoms with Gasteiger partial charge in [-0.1, -0.05) is 32.1 Å². The Kier molecular flexibility index (Phi) is 5.48. The van der Waals surface area contributed by atoms with Gasteiger partial charge in [-0.3, -0.25) is 4.90 Å². The van der Waals surface area contributed by atoms with Crippen molar-refractivity contribution < 1.29 is 9.25 Å². The Balaban J connectivity index is 1.73. The summed E-state index contributed by atoms with van der Waals surface area (Å²) in [7, 11) is 0. The molecule has 1 aromatic heterocycles. The molecular weight excluding hydrogens is 308 g/mol. The molecule has 0 aromatic carbocycles. The second kappa shape index (κ2) is 7.59. The quantitative estimate of drug-likeness (QED) is 0.583. The molecule has 24 heavy (non-hydrogen) atoms. The summed E-state index contributed by atoms with van der Waals surface area (Å²) in [5.74, 6) is 1.82. The van der Waals surface area contributed by atoms with E-state index >= 15 is 0 Å². The molecule has 1 unspecified atom stereocenters. The zero-order valence-corrected chi connectivity index (χ0v) is 14.7. The number of nitrogens with zero attached hydrogens (tertiary/aromatic N) is 4. The summed E-state index contributed by atoms with van der Waals surface area (Å²) < 4.78 is 6.08. The van der Waals surface area contributed by atoms with Gasteiger partial charge >= 0.3 is 0 Å². The topological polar surface area (TPSA) is 80.8 Å². The van der Waals surface area contributed by atoms with Crippen LogP contribution in [0.15, 0.2) is 9.76 Å². The van der Waals surface area contributed by atoms with E-state index in [1.54, 1.807) is 0 Å². The van der Waals surface area contributed by atoms with Crippen molar-refractivity contribution in [3.05, 3.63) is 16.7 Å². The van der Waals surface area contributed by atoms with E-state index in [-0.39, 0.29) is 6.04 Å². The average molecular weight is 336 g/mol. The van der Waals surface area contributed by atoms with Gasteiger partial charge in [-0.05, 0) is 39.5 Å². The van der Waals surface area contributed by atoms with Crippen LogP contribution < -0.4 is 0 Å². The van der Waals surface area contributed by atoms with Crippen molar-refractivity contribution in [2.24, 2.45) is 5.34 Å². The minimum absolute atomic E-state index is 0.00319. The second-order valence-corrected chi connectivity index (χ2v) is 7.48. The molecule has 1 saturated carbocycles. The molecule has 7 heteroatoms. The van der Waals surface area contributed by atoms with E-state index in [1.165, 1.54) is 32.1 Å². The Labute approximate surface area is 143 Å². The molecule has 2 fully saturated rings. The van der Waals surface area contributed by atoms with Crippen LogP contribution in [0.5, 0.6) is 0 Å². The Morgan fingerprint density at radius 2 is 1.71 bits per heavy atom. The number of hydrogen-bond acceptors (Lipinski definition) is 7. The van der Waals surface area contributed by atoms with Crippen molar-refractivity contribution in [2.75, 3.05) is 6.54 Å². The molecule has 1 atom stereocenters. The summed E-state index contributed by atoms with van der Waals surface area (Å²) in [5, 5.41) is 11.3. The molecule has 1 aromatic rings. The van der Waals surface area contributed by atoms with Crippen LogP contribution in [-0.4, -0.2) is 27.4 Å². The first-order valence-corrected chi connectivity index (χ1v) is 9.22. The lowest BCUT2D eigenvalue weighted by Gasteiger charge is -2.34. The van der Waals surface area contributed by atoms with E-state index < -0.39 is 5.72 Å². The second-order valence-electron chi connectivity index (χ2n) is 7.48. The summed E-state index contributed by atoms with van der Waals surface area (Å²) in [5.41, 5.74) is -0.766. The maximum absolute atomic E-state index is 10.5. The third kappa shape index (κ3) is 3.77. The molecule has 134 valence electrons. The number of hydrogen-bond donors (Lipinski definition) is 0. The fraction of sp³-hybridized carbons (Fsp3) is 0.882. The predicted octanol–water partition coefficient (Wildman–Crippen LogP) is 4.47. The standard InChI is InChI=1S/C17H28N4O3/c1-17(2,24-20-22)21-12-8-11-14(21)16-19-18-15(23-16)13-9-6-4-3-5-7-10-13/h13-14H,3-12H2,1-2H3. The minimum Gasteiger partial charge on any atom is -0.423 e. The van der Waals surface area contributed by atoms with Gasteiger partial charge in [0.2, 0.25) is 11.8 Å². The number of rotatable bonds is 5. The molecule has 3 rings (SSSR count). The van der Waals surface area contributed by atoms with Gasteiger partial charge in [0.05, 0.1) is 6.04 Å². The van der Waals surface area contributed by atoms with Gasteiger partial charge in [0.25, 0.3) is 0 Å². The van der Waals surface area contributed by atoms with E-state index in [2.05, 4.69) is 20.4 Å². The first-order valence-electron chi connectivity index (χ1n) is 9.22. The third-order valence-electron chi connectivity index (χ3n) is 5.40. The highest BCUT2D eigenvalue weighted by atomic mass is 16.7. The van der Waals surface area contributed by atoms with Crippen molar-refractivity contribution in [2.45, 2.75) is 89.3 Å². The van der Waals surface area contributed by atoms with Gasteiger partial charge in [-0.25, -0.2) is 0 Å². The number of likely N-dealkylation sites (tertiary alicyclic amines) is 1. The fourth-order valence-electron chi connectivity index (χ4n) is 4.06. The zero-order chi connectivity index (χ0) is 17.0. The minimum atomic E-state index is -0.766. The van der Waals surface area contributed by atoms with Gasteiger partial charge in [0, 0.05) is 12.5 Å². The van der Waals surface area contributed by atoms with E-state index in [0.717, 1.165) is 38.1 Å². The Morgan fingerprint density at radius 1 is 1.04 bits per heavy atom. The summed E-state index contributed by atoms with van der Waals surface area (Å²) in [6.45, 7) is 4.52. The van der Waals surface area contributed by atoms with Gasteiger partial charge in [-0.2, -0.15) is 0 Å². The summed E-state index contributed by atoms with van der Waals surface area (Å²) >= 11 is 0. The number of aromatic nitrogens is 2. The SMILES string of the molecule is CC(C)(ON=O)N1CCCC1c1nnc(C2CCCCCCC2)o1. The monoisotopic (exact) mass is 336 g/mol. The lowest BCUT2D eigenvalue weighted by atomic mass is 9.91. The molecule has 2 heterocycles. The van der Waals surface area contributed by atoms with Crippen molar-refractivity contribution in [1.82, 2.24) is 15.1 Å². The van der Waals surface area contributed by atoms with Gasteiger partial charge < -0.3 is 9.25 Å². The largest absolute Gasteiger partial charge is 0.423 e. The van der Waals surface area contributed by atoms with Gasteiger partial charge in [0.15, 0.2) is 11.1 Å². The molecule has 0 radical (unpaired) electrons. The highest BCUT2D eigenvalue weighted by Crippen LogP contribution is 2.38. The summed E-state index contributed by atoms with van der Waals surface area (Å²) in [4.78, 5) is 17.7. The maximum atomic E-state index is 10.5. The fourth-order valence-corrected chi connectivity index (χ4v) is 4.06. The molecular formula is C17H28N4O3. The third-order valence-corrected chi connectivity index (χ3v) is 5.40. The van der Waals surface area contributed by atoms with E-state index in [1.807, 2.05) is 13.8 Å². The van der Waals surface area contributed by atoms with E-state index in [4.69, 9.17) is 9.25 Å². The molecule has 2 aliphatic rings. The molecule has 7 nitrogen and oxygen atoms in total. The van der Waals surface area contributed by atoms with E-state index in [9.17, 15) is 4.91 Å². The first kappa shape index (κ1) is 17.3. The summed E-state index contributed by atoms with van der Waals surface area (Å²) in [6, 6.07) is -0.00319. The first-order chi connectivity index (χ1) is 11.6. The maximum Gasteiger partial charge on any atom is 0.233 e. The lowest BCUT2D eigenvalue weighted by molar-refractivity contribution is -0.142. The highest BCUT2D eigenvalue weighted by Gasteiger charge is 2.42. The lowest BCUT2D eigenvalue weighted by Crippen LogP contribution is -2.44. The normalized spacial score (nSPS) is 24.5. The molecule has 0 spiro atoms. The average Bonchev–Trinajstić information content (AvgIpc) is 3.16.